The minimum atomic E-state index is -0.0197. The van der Waals surface area contributed by atoms with Gasteiger partial charge in [0.15, 0.2) is 0 Å². The molecule has 2 fully saturated rings. The molecule has 3 rings (SSSR count). The summed E-state index contributed by atoms with van der Waals surface area (Å²) in [5.74, 6) is 0.281. The van der Waals surface area contributed by atoms with E-state index in [9.17, 15) is 4.79 Å². The fraction of sp³-hybridized carbons (Fsp3) is 0.462. The van der Waals surface area contributed by atoms with Crippen LogP contribution in [0.1, 0.15) is 12.0 Å². The number of benzene rings is 1. The molecule has 0 amide bonds. The van der Waals surface area contributed by atoms with Gasteiger partial charge in [0, 0.05) is 6.42 Å². The molecule has 84 valence electrons. The molecule has 0 bridgehead atoms. The maximum atomic E-state index is 11.5. The Kier molecular flexibility index (Phi) is 2.50. The number of rotatable bonds is 4. The molecule has 0 radical (unpaired) electrons. The van der Waals surface area contributed by atoms with E-state index in [1.54, 1.807) is 0 Å². The number of epoxide rings is 1. The molecule has 0 N–H and O–H groups in total. The fourth-order valence-corrected chi connectivity index (χ4v) is 2.27. The second kappa shape index (κ2) is 4.00. The number of carbonyl (C=O) groups excluding carboxylic acids is 1. The van der Waals surface area contributed by atoms with E-state index in [-0.39, 0.29) is 18.1 Å². The van der Waals surface area contributed by atoms with Crippen molar-refractivity contribution >= 4 is 5.78 Å². The summed E-state index contributed by atoms with van der Waals surface area (Å²) in [4.78, 5) is 11.5. The lowest BCUT2D eigenvalue weighted by atomic mass is 10.1. The zero-order valence-corrected chi connectivity index (χ0v) is 8.96. The summed E-state index contributed by atoms with van der Waals surface area (Å²) in [5.41, 5.74) is 1.14. The smallest absolute Gasteiger partial charge is 0.143 e. The first-order valence-electron chi connectivity index (χ1n) is 5.64. The molecule has 1 aromatic rings. The number of hydrogen-bond donors (Lipinski definition) is 0. The van der Waals surface area contributed by atoms with E-state index in [0.717, 1.165) is 5.56 Å². The summed E-state index contributed by atoms with van der Waals surface area (Å²) in [6.45, 7) is 1.07. The first-order valence-corrected chi connectivity index (χ1v) is 5.64. The van der Waals surface area contributed by atoms with Gasteiger partial charge in [-0.15, -0.1) is 0 Å². The van der Waals surface area contributed by atoms with E-state index in [2.05, 4.69) is 0 Å². The summed E-state index contributed by atoms with van der Waals surface area (Å²) in [6.07, 6.45) is 0.949. The third-order valence-electron chi connectivity index (χ3n) is 3.24. The lowest BCUT2D eigenvalue weighted by Crippen LogP contribution is -2.20. The molecule has 1 heterocycles. The standard InChI is InChI=1S/C13H14O3/c14-11-6-12-13(16-12)10(11)8-15-7-9-4-2-1-3-5-9/h1-5,10,12-13H,6-8H2/t10-,12-,13+/m1/s1. The molecule has 16 heavy (non-hydrogen) atoms. The van der Waals surface area contributed by atoms with Crippen LogP contribution in [0, 0.1) is 5.92 Å². The largest absolute Gasteiger partial charge is 0.376 e. The highest BCUT2D eigenvalue weighted by molar-refractivity contribution is 5.86. The molecule has 0 spiro atoms. The molecule has 1 saturated heterocycles. The van der Waals surface area contributed by atoms with Gasteiger partial charge in [0.25, 0.3) is 0 Å². The molecule has 1 saturated carbocycles. The predicted molar refractivity (Wildman–Crippen MR) is 57.9 cm³/mol. The van der Waals surface area contributed by atoms with Crippen LogP contribution in [0.25, 0.3) is 0 Å². The molecule has 2 aliphatic rings. The SMILES string of the molecule is O=C1C[C@H]2O[C@H]2[C@@H]1COCc1ccccc1. The zero-order chi connectivity index (χ0) is 11.0. The molecule has 1 aliphatic heterocycles. The lowest BCUT2D eigenvalue weighted by Gasteiger charge is -2.10. The molecular formula is C13H14O3. The number of Topliss-reactive ketones (excluding diaryl/α,β-unsaturated/α-hetero) is 1. The van der Waals surface area contributed by atoms with Crippen molar-refractivity contribution in [3.8, 4) is 0 Å². The quantitative estimate of drug-likeness (QED) is 0.720. The fourth-order valence-electron chi connectivity index (χ4n) is 2.27. The Balaban J connectivity index is 1.49. The van der Waals surface area contributed by atoms with Crippen molar-refractivity contribution in [3.63, 3.8) is 0 Å². The van der Waals surface area contributed by atoms with Crippen LogP contribution in [0.15, 0.2) is 30.3 Å². The molecule has 3 atom stereocenters. The van der Waals surface area contributed by atoms with Gasteiger partial charge >= 0.3 is 0 Å². The maximum Gasteiger partial charge on any atom is 0.143 e. The van der Waals surface area contributed by atoms with E-state index < -0.39 is 0 Å². The maximum absolute atomic E-state index is 11.5. The monoisotopic (exact) mass is 218 g/mol. The predicted octanol–water partition coefficient (Wildman–Crippen LogP) is 1.56. The van der Waals surface area contributed by atoms with Crippen LogP contribution in [0.4, 0.5) is 0 Å². The van der Waals surface area contributed by atoms with E-state index in [1.807, 2.05) is 30.3 Å². The Bertz CT molecular complexity index is 387. The van der Waals surface area contributed by atoms with Crippen molar-refractivity contribution in [2.24, 2.45) is 5.92 Å². The summed E-state index contributed by atoms with van der Waals surface area (Å²) in [7, 11) is 0. The average Bonchev–Trinajstić information content (AvgIpc) is 2.98. The number of ketones is 1. The average molecular weight is 218 g/mol. The van der Waals surface area contributed by atoms with Gasteiger partial charge in [-0.1, -0.05) is 30.3 Å². The summed E-state index contributed by atoms with van der Waals surface area (Å²) in [6, 6.07) is 9.99. The number of ether oxygens (including phenoxy) is 2. The van der Waals surface area contributed by atoms with Crippen LogP contribution >= 0.6 is 0 Å². The Hall–Kier alpha value is -1.19. The van der Waals surface area contributed by atoms with Gasteiger partial charge in [0.05, 0.1) is 31.3 Å². The summed E-state index contributed by atoms with van der Waals surface area (Å²) < 4.78 is 10.9. The van der Waals surface area contributed by atoms with Gasteiger partial charge in [-0.25, -0.2) is 0 Å². The molecule has 1 aliphatic carbocycles. The molecule has 0 unspecified atom stereocenters. The van der Waals surface area contributed by atoms with E-state index >= 15 is 0 Å². The third kappa shape index (κ3) is 1.88. The van der Waals surface area contributed by atoms with Crippen LogP contribution in [0.5, 0.6) is 0 Å². The van der Waals surface area contributed by atoms with Gasteiger partial charge in [-0.2, -0.15) is 0 Å². The van der Waals surface area contributed by atoms with Gasteiger partial charge in [-0.3, -0.25) is 4.79 Å². The summed E-state index contributed by atoms with van der Waals surface area (Å²) in [5, 5.41) is 0. The van der Waals surface area contributed by atoms with E-state index in [4.69, 9.17) is 9.47 Å². The lowest BCUT2D eigenvalue weighted by molar-refractivity contribution is -0.125. The minimum absolute atomic E-state index is 0.0197. The molecule has 0 aromatic heterocycles. The van der Waals surface area contributed by atoms with Crippen molar-refractivity contribution < 1.29 is 14.3 Å². The van der Waals surface area contributed by atoms with Crippen LogP contribution in [-0.4, -0.2) is 24.6 Å². The zero-order valence-electron chi connectivity index (χ0n) is 8.96. The Morgan fingerprint density at radius 1 is 1.31 bits per heavy atom. The van der Waals surface area contributed by atoms with Crippen LogP contribution in [-0.2, 0) is 20.9 Å². The molecule has 3 heteroatoms. The first kappa shape index (κ1) is 10.00. The van der Waals surface area contributed by atoms with Gasteiger partial charge < -0.3 is 9.47 Å². The summed E-state index contributed by atoms with van der Waals surface area (Å²) >= 11 is 0. The highest BCUT2D eigenvalue weighted by Gasteiger charge is 2.55. The number of carbonyl (C=O) groups is 1. The minimum Gasteiger partial charge on any atom is -0.376 e. The highest BCUT2D eigenvalue weighted by atomic mass is 16.6. The van der Waals surface area contributed by atoms with Gasteiger partial charge in [0.1, 0.15) is 5.78 Å². The Labute approximate surface area is 94.4 Å². The highest BCUT2D eigenvalue weighted by Crippen LogP contribution is 2.40. The van der Waals surface area contributed by atoms with E-state index in [1.165, 1.54) is 0 Å². The van der Waals surface area contributed by atoms with Crippen molar-refractivity contribution in [3.05, 3.63) is 35.9 Å². The van der Waals surface area contributed by atoms with Crippen molar-refractivity contribution in [1.82, 2.24) is 0 Å². The third-order valence-corrected chi connectivity index (χ3v) is 3.24. The van der Waals surface area contributed by atoms with E-state index in [0.29, 0.717) is 25.4 Å². The van der Waals surface area contributed by atoms with Gasteiger partial charge in [0.2, 0.25) is 0 Å². The number of fused-ring (bicyclic) bond motifs is 1. The van der Waals surface area contributed by atoms with Crippen molar-refractivity contribution in [2.75, 3.05) is 6.61 Å². The molecular weight excluding hydrogens is 204 g/mol. The van der Waals surface area contributed by atoms with Crippen molar-refractivity contribution in [1.29, 1.82) is 0 Å². The Morgan fingerprint density at radius 2 is 2.12 bits per heavy atom. The normalized spacial score (nSPS) is 31.5. The van der Waals surface area contributed by atoms with Crippen LogP contribution in [0.2, 0.25) is 0 Å². The van der Waals surface area contributed by atoms with Crippen molar-refractivity contribution in [2.45, 2.75) is 25.2 Å². The Morgan fingerprint density at radius 3 is 2.81 bits per heavy atom. The topological polar surface area (TPSA) is 38.8 Å². The second-order valence-corrected chi connectivity index (χ2v) is 4.42. The van der Waals surface area contributed by atoms with Crippen LogP contribution in [0.3, 0.4) is 0 Å². The van der Waals surface area contributed by atoms with Gasteiger partial charge in [-0.05, 0) is 5.56 Å². The number of hydrogen-bond acceptors (Lipinski definition) is 3. The van der Waals surface area contributed by atoms with Crippen LogP contribution < -0.4 is 0 Å². The second-order valence-electron chi connectivity index (χ2n) is 4.42. The molecule has 1 aromatic carbocycles. The first-order chi connectivity index (χ1) is 7.84. The molecule has 3 nitrogen and oxygen atoms in total.